The molecule has 0 aromatic heterocycles. The topological polar surface area (TPSA) is 93.5 Å². The van der Waals surface area contributed by atoms with Gasteiger partial charge in [-0.2, -0.15) is 0 Å². The maximum atomic E-state index is 11.8. The fourth-order valence-electron chi connectivity index (χ4n) is 1.63. The zero-order chi connectivity index (χ0) is 13.6. The van der Waals surface area contributed by atoms with Crippen LogP contribution in [0.1, 0.15) is 26.7 Å². The molecule has 1 heterocycles. The Morgan fingerprint density at radius 1 is 1.39 bits per heavy atom. The van der Waals surface area contributed by atoms with E-state index in [1.165, 1.54) is 0 Å². The number of ether oxygens (including phenoxy) is 1. The van der Waals surface area contributed by atoms with Crippen LogP contribution in [0.15, 0.2) is 0 Å². The van der Waals surface area contributed by atoms with Gasteiger partial charge in [0.15, 0.2) is 0 Å². The van der Waals surface area contributed by atoms with Crippen LogP contribution in [-0.2, 0) is 14.3 Å². The summed E-state index contributed by atoms with van der Waals surface area (Å²) in [6.45, 7) is 5.78. The first-order chi connectivity index (χ1) is 8.44. The van der Waals surface area contributed by atoms with Gasteiger partial charge in [-0.3, -0.25) is 9.59 Å². The quantitative estimate of drug-likeness (QED) is 0.591. The first kappa shape index (κ1) is 14.9. The minimum atomic E-state index is -0.922. The molecule has 1 fully saturated rings. The SMILES string of the molecule is CC(C)CNC(=O)CCNC(=O)C1(N)CCOC1. The highest BCUT2D eigenvalue weighted by atomic mass is 16.5. The van der Waals surface area contributed by atoms with Crippen molar-refractivity contribution in [2.24, 2.45) is 11.7 Å². The summed E-state index contributed by atoms with van der Waals surface area (Å²) in [6.07, 6.45) is 0.799. The van der Waals surface area contributed by atoms with Crippen molar-refractivity contribution in [1.82, 2.24) is 10.6 Å². The van der Waals surface area contributed by atoms with Crippen LogP contribution in [-0.4, -0.2) is 43.7 Å². The van der Waals surface area contributed by atoms with Crippen LogP contribution in [0.25, 0.3) is 0 Å². The Labute approximate surface area is 108 Å². The molecule has 6 heteroatoms. The molecule has 1 aliphatic rings. The first-order valence-electron chi connectivity index (χ1n) is 6.35. The van der Waals surface area contributed by atoms with Crippen molar-refractivity contribution in [3.05, 3.63) is 0 Å². The van der Waals surface area contributed by atoms with E-state index in [9.17, 15) is 9.59 Å². The largest absolute Gasteiger partial charge is 0.379 e. The molecule has 0 spiro atoms. The van der Waals surface area contributed by atoms with Crippen LogP contribution in [0.2, 0.25) is 0 Å². The van der Waals surface area contributed by atoms with Crippen LogP contribution in [0.5, 0.6) is 0 Å². The van der Waals surface area contributed by atoms with Crippen molar-refractivity contribution >= 4 is 11.8 Å². The van der Waals surface area contributed by atoms with E-state index < -0.39 is 5.54 Å². The fourth-order valence-corrected chi connectivity index (χ4v) is 1.63. The number of hydrogen-bond acceptors (Lipinski definition) is 4. The third-order valence-corrected chi connectivity index (χ3v) is 2.85. The predicted molar refractivity (Wildman–Crippen MR) is 67.8 cm³/mol. The number of rotatable bonds is 6. The number of carbonyl (C=O) groups is 2. The Hall–Kier alpha value is -1.14. The van der Waals surface area contributed by atoms with E-state index in [0.29, 0.717) is 32.0 Å². The number of hydrogen-bond donors (Lipinski definition) is 3. The van der Waals surface area contributed by atoms with Gasteiger partial charge in [0, 0.05) is 26.1 Å². The van der Waals surface area contributed by atoms with Crippen LogP contribution < -0.4 is 16.4 Å². The van der Waals surface area contributed by atoms with Gasteiger partial charge < -0.3 is 21.1 Å². The Bertz CT molecular complexity index is 299. The second kappa shape index (κ2) is 6.70. The van der Waals surface area contributed by atoms with Gasteiger partial charge in [0.25, 0.3) is 0 Å². The molecule has 1 aliphatic heterocycles. The summed E-state index contributed by atoms with van der Waals surface area (Å²) in [5, 5.41) is 5.47. The van der Waals surface area contributed by atoms with Crippen molar-refractivity contribution in [2.75, 3.05) is 26.3 Å². The van der Waals surface area contributed by atoms with Crippen molar-refractivity contribution < 1.29 is 14.3 Å². The van der Waals surface area contributed by atoms with Crippen molar-refractivity contribution in [3.63, 3.8) is 0 Å². The lowest BCUT2D eigenvalue weighted by molar-refractivity contribution is -0.126. The molecular weight excluding hydrogens is 234 g/mol. The Morgan fingerprint density at radius 3 is 2.67 bits per heavy atom. The van der Waals surface area contributed by atoms with Crippen molar-refractivity contribution in [1.29, 1.82) is 0 Å². The zero-order valence-corrected chi connectivity index (χ0v) is 11.1. The average Bonchev–Trinajstić information content (AvgIpc) is 2.74. The Kier molecular flexibility index (Phi) is 5.55. The predicted octanol–water partition coefficient (Wildman–Crippen LogP) is -0.617. The summed E-state index contributed by atoms with van der Waals surface area (Å²) in [6, 6.07) is 0. The minimum absolute atomic E-state index is 0.0576. The van der Waals surface area contributed by atoms with E-state index in [-0.39, 0.29) is 24.8 Å². The van der Waals surface area contributed by atoms with Gasteiger partial charge in [-0.15, -0.1) is 0 Å². The van der Waals surface area contributed by atoms with Crippen molar-refractivity contribution in [3.8, 4) is 0 Å². The maximum absolute atomic E-state index is 11.8. The number of nitrogens with one attached hydrogen (secondary N) is 2. The molecule has 1 atom stereocenters. The first-order valence-corrected chi connectivity index (χ1v) is 6.35. The molecule has 4 N–H and O–H groups in total. The molecule has 18 heavy (non-hydrogen) atoms. The van der Waals surface area contributed by atoms with Crippen molar-refractivity contribution in [2.45, 2.75) is 32.2 Å². The average molecular weight is 257 g/mol. The van der Waals surface area contributed by atoms with Gasteiger partial charge in [0.1, 0.15) is 5.54 Å². The normalized spacial score (nSPS) is 23.1. The Balaban J connectivity index is 2.17. The third-order valence-electron chi connectivity index (χ3n) is 2.85. The lowest BCUT2D eigenvalue weighted by Gasteiger charge is -2.20. The smallest absolute Gasteiger partial charge is 0.242 e. The highest BCUT2D eigenvalue weighted by molar-refractivity contribution is 5.87. The van der Waals surface area contributed by atoms with Gasteiger partial charge >= 0.3 is 0 Å². The summed E-state index contributed by atoms with van der Waals surface area (Å²) >= 11 is 0. The maximum Gasteiger partial charge on any atom is 0.242 e. The second-order valence-electron chi connectivity index (χ2n) is 5.16. The lowest BCUT2D eigenvalue weighted by atomic mass is 9.99. The molecule has 1 rings (SSSR count). The van der Waals surface area contributed by atoms with Crippen LogP contribution >= 0.6 is 0 Å². The third kappa shape index (κ3) is 4.62. The molecule has 0 radical (unpaired) electrons. The number of carbonyl (C=O) groups excluding carboxylic acids is 2. The molecule has 6 nitrogen and oxygen atoms in total. The summed E-state index contributed by atoms with van der Waals surface area (Å²) in [7, 11) is 0. The van der Waals surface area contributed by atoms with E-state index >= 15 is 0 Å². The van der Waals surface area contributed by atoms with Gasteiger partial charge in [-0.05, 0) is 12.3 Å². The Morgan fingerprint density at radius 2 is 2.11 bits per heavy atom. The minimum Gasteiger partial charge on any atom is -0.379 e. The number of amides is 2. The van der Waals surface area contributed by atoms with E-state index in [1.807, 2.05) is 13.8 Å². The second-order valence-corrected chi connectivity index (χ2v) is 5.16. The molecule has 0 aliphatic carbocycles. The fraction of sp³-hybridized carbons (Fsp3) is 0.833. The van der Waals surface area contributed by atoms with Gasteiger partial charge in [0.2, 0.25) is 11.8 Å². The lowest BCUT2D eigenvalue weighted by Crippen LogP contribution is -2.54. The zero-order valence-electron chi connectivity index (χ0n) is 11.1. The van der Waals surface area contributed by atoms with E-state index in [2.05, 4.69) is 10.6 Å². The summed E-state index contributed by atoms with van der Waals surface area (Å²) in [5.74, 6) is 0.126. The molecule has 0 aromatic rings. The summed E-state index contributed by atoms with van der Waals surface area (Å²) < 4.78 is 5.11. The highest BCUT2D eigenvalue weighted by Crippen LogP contribution is 2.15. The molecule has 0 bridgehead atoms. The van der Waals surface area contributed by atoms with Crippen LogP contribution in [0, 0.1) is 5.92 Å². The van der Waals surface area contributed by atoms with E-state index in [0.717, 1.165) is 0 Å². The standard InChI is InChI=1S/C12H23N3O3/c1-9(2)7-15-10(16)3-5-14-11(17)12(13)4-6-18-8-12/h9H,3-8,13H2,1-2H3,(H,14,17)(H,15,16). The van der Waals surface area contributed by atoms with Gasteiger partial charge in [-0.25, -0.2) is 0 Å². The molecule has 0 aromatic carbocycles. The summed E-state index contributed by atoms with van der Waals surface area (Å²) in [4.78, 5) is 23.2. The molecule has 0 saturated carbocycles. The molecular formula is C12H23N3O3. The van der Waals surface area contributed by atoms with E-state index in [1.54, 1.807) is 0 Å². The van der Waals surface area contributed by atoms with Crippen LogP contribution in [0.4, 0.5) is 0 Å². The molecule has 1 saturated heterocycles. The molecule has 104 valence electrons. The van der Waals surface area contributed by atoms with Gasteiger partial charge in [-0.1, -0.05) is 13.8 Å². The highest BCUT2D eigenvalue weighted by Gasteiger charge is 2.37. The monoisotopic (exact) mass is 257 g/mol. The van der Waals surface area contributed by atoms with Gasteiger partial charge in [0.05, 0.1) is 6.61 Å². The van der Waals surface area contributed by atoms with E-state index in [4.69, 9.17) is 10.5 Å². The van der Waals surface area contributed by atoms with Crippen LogP contribution in [0.3, 0.4) is 0 Å². The molecule has 1 unspecified atom stereocenters. The molecule has 2 amide bonds. The summed E-state index contributed by atoms with van der Waals surface area (Å²) in [5.41, 5.74) is 4.96. The number of nitrogens with two attached hydrogens (primary N) is 1.